The molecule has 1 saturated carbocycles. The van der Waals surface area contributed by atoms with Gasteiger partial charge in [-0.15, -0.1) is 0 Å². The molecule has 7 heteroatoms. The summed E-state index contributed by atoms with van der Waals surface area (Å²) in [5, 5.41) is 10.7. The molecule has 1 aromatic rings. The van der Waals surface area contributed by atoms with Crippen LogP contribution in [0.5, 0.6) is 0 Å². The first kappa shape index (κ1) is 13.9. The molecule has 1 aromatic heterocycles. The van der Waals surface area contributed by atoms with Gasteiger partial charge in [0.05, 0.1) is 22.1 Å². The van der Waals surface area contributed by atoms with Gasteiger partial charge in [0.25, 0.3) is 11.2 Å². The number of nitrogens with zero attached hydrogens (tertiary/aromatic N) is 2. The topological polar surface area (TPSA) is 82.2 Å². The highest BCUT2D eigenvalue weighted by Crippen LogP contribution is 2.26. The number of Topliss-reactive ketones (excluding diaryl/α,β-unsaturated/α-hetero) is 1. The third-order valence-electron chi connectivity index (χ3n) is 3.38. The molecule has 2 rings (SSSR count). The molecule has 0 bridgehead atoms. The number of rotatable bonds is 4. The van der Waals surface area contributed by atoms with Crippen LogP contribution in [0.1, 0.15) is 25.7 Å². The minimum atomic E-state index is -0.583. The van der Waals surface area contributed by atoms with E-state index in [-0.39, 0.29) is 28.4 Å². The van der Waals surface area contributed by atoms with Crippen LogP contribution in [0.15, 0.2) is 21.5 Å². The Kier molecular flexibility index (Phi) is 4.14. The quantitative estimate of drug-likeness (QED) is 0.627. The van der Waals surface area contributed by atoms with E-state index in [4.69, 9.17) is 0 Å². The summed E-state index contributed by atoms with van der Waals surface area (Å²) < 4.78 is 1.21. The van der Waals surface area contributed by atoms with Crippen LogP contribution >= 0.6 is 15.9 Å². The first-order chi connectivity index (χ1) is 8.99. The predicted octanol–water partition coefficient (Wildman–Crippen LogP) is 2.28. The van der Waals surface area contributed by atoms with E-state index in [9.17, 15) is 19.7 Å². The van der Waals surface area contributed by atoms with Crippen LogP contribution in [-0.4, -0.2) is 15.3 Å². The van der Waals surface area contributed by atoms with Crippen molar-refractivity contribution in [2.45, 2.75) is 32.2 Å². The highest BCUT2D eigenvalue weighted by molar-refractivity contribution is 9.10. The summed E-state index contributed by atoms with van der Waals surface area (Å²) in [6.07, 6.45) is 4.89. The minimum Gasteiger partial charge on any atom is -0.300 e. The van der Waals surface area contributed by atoms with Gasteiger partial charge >= 0.3 is 0 Å². The number of pyridine rings is 1. The molecule has 0 radical (unpaired) electrons. The number of hydrogen-bond acceptors (Lipinski definition) is 4. The Morgan fingerprint density at radius 2 is 2.11 bits per heavy atom. The van der Waals surface area contributed by atoms with Gasteiger partial charge in [-0.3, -0.25) is 19.7 Å². The lowest BCUT2D eigenvalue weighted by Gasteiger charge is -2.10. The van der Waals surface area contributed by atoms with Crippen molar-refractivity contribution in [1.82, 2.24) is 4.57 Å². The Labute approximate surface area is 117 Å². The SMILES string of the molecule is O=C(Cn1cc([N+](=O)[O-])cc(Br)c1=O)C1CCCC1. The lowest BCUT2D eigenvalue weighted by molar-refractivity contribution is -0.385. The third-order valence-corrected chi connectivity index (χ3v) is 3.94. The third kappa shape index (κ3) is 3.09. The molecule has 1 aliphatic carbocycles. The van der Waals surface area contributed by atoms with E-state index in [0.717, 1.165) is 42.5 Å². The highest BCUT2D eigenvalue weighted by atomic mass is 79.9. The van der Waals surface area contributed by atoms with Gasteiger partial charge in [-0.05, 0) is 28.8 Å². The van der Waals surface area contributed by atoms with E-state index < -0.39 is 10.5 Å². The Morgan fingerprint density at radius 3 is 2.68 bits per heavy atom. The molecule has 1 aliphatic rings. The maximum absolute atomic E-state index is 12.0. The van der Waals surface area contributed by atoms with Gasteiger partial charge < -0.3 is 4.57 Å². The van der Waals surface area contributed by atoms with Crippen molar-refractivity contribution in [2.75, 3.05) is 0 Å². The summed E-state index contributed by atoms with van der Waals surface area (Å²) in [7, 11) is 0. The molecule has 6 nitrogen and oxygen atoms in total. The maximum Gasteiger partial charge on any atom is 0.286 e. The molecule has 102 valence electrons. The number of hydrogen-bond donors (Lipinski definition) is 0. The van der Waals surface area contributed by atoms with Crippen LogP contribution in [0.4, 0.5) is 5.69 Å². The number of carbonyl (C=O) groups is 1. The van der Waals surface area contributed by atoms with E-state index in [2.05, 4.69) is 15.9 Å². The zero-order valence-corrected chi connectivity index (χ0v) is 11.8. The summed E-state index contributed by atoms with van der Waals surface area (Å²) in [5.74, 6) is -0.0306. The summed E-state index contributed by atoms with van der Waals surface area (Å²) in [6, 6.07) is 1.15. The molecular formula is C12H13BrN2O4. The number of nitro groups is 1. The fraction of sp³-hybridized carbons (Fsp3) is 0.500. The van der Waals surface area contributed by atoms with E-state index >= 15 is 0 Å². The first-order valence-corrected chi connectivity index (χ1v) is 6.85. The second-order valence-corrected chi connectivity index (χ2v) is 5.54. The summed E-state index contributed by atoms with van der Waals surface area (Å²) in [6.45, 7) is -0.0935. The summed E-state index contributed by atoms with van der Waals surface area (Å²) >= 11 is 2.99. The van der Waals surface area contributed by atoms with Crippen LogP contribution in [0.25, 0.3) is 0 Å². The standard InChI is InChI=1S/C12H13BrN2O4/c13-10-5-9(15(18)19)6-14(12(10)17)7-11(16)8-3-1-2-4-8/h5-6,8H,1-4,7H2. The molecule has 1 heterocycles. The van der Waals surface area contributed by atoms with Gasteiger partial charge in [0.15, 0.2) is 5.78 Å². The molecule has 19 heavy (non-hydrogen) atoms. The van der Waals surface area contributed by atoms with Crippen LogP contribution in [0.3, 0.4) is 0 Å². The normalized spacial score (nSPS) is 15.6. The summed E-state index contributed by atoms with van der Waals surface area (Å²) in [4.78, 5) is 34.0. The van der Waals surface area contributed by atoms with Gasteiger partial charge in [0.1, 0.15) is 0 Å². The van der Waals surface area contributed by atoms with Crippen molar-refractivity contribution < 1.29 is 9.72 Å². The zero-order valence-electron chi connectivity index (χ0n) is 10.2. The lowest BCUT2D eigenvalue weighted by Crippen LogP contribution is -2.27. The average Bonchev–Trinajstić information content (AvgIpc) is 2.88. The van der Waals surface area contributed by atoms with Crippen molar-refractivity contribution >= 4 is 27.4 Å². The second-order valence-electron chi connectivity index (χ2n) is 4.68. The number of carbonyl (C=O) groups excluding carboxylic acids is 1. The Hall–Kier alpha value is -1.50. The maximum atomic E-state index is 12.0. The number of ketones is 1. The molecule has 1 fully saturated rings. The smallest absolute Gasteiger partial charge is 0.286 e. The molecule has 0 unspecified atom stereocenters. The van der Waals surface area contributed by atoms with Crippen molar-refractivity contribution in [3.05, 3.63) is 37.2 Å². The molecule has 0 spiro atoms. The van der Waals surface area contributed by atoms with Crippen molar-refractivity contribution in [2.24, 2.45) is 5.92 Å². The Bertz CT molecular complexity index is 576. The number of halogens is 1. The van der Waals surface area contributed by atoms with Crippen molar-refractivity contribution in [1.29, 1.82) is 0 Å². The van der Waals surface area contributed by atoms with Crippen LogP contribution in [0, 0.1) is 16.0 Å². The zero-order chi connectivity index (χ0) is 14.0. The van der Waals surface area contributed by atoms with Gasteiger partial charge in [0.2, 0.25) is 0 Å². The lowest BCUT2D eigenvalue weighted by atomic mass is 10.0. The minimum absolute atomic E-state index is 0.00932. The Balaban J connectivity index is 2.26. The first-order valence-electron chi connectivity index (χ1n) is 6.06. The van der Waals surface area contributed by atoms with E-state index in [1.807, 2.05) is 0 Å². The average molecular weight is 329 g/mol. The van der Waals surface area contributed by atoms with E-state index in [1.165, 1.54) is 0 Å². The molecule has 0 saturated heterocycles. The van der Waals surface area contributed by atoms with Crippen molar-refractivity contribution in [3.8, 4) is 0 Å². The highest BCUT2D eigenvalue weighted by Gasteiger charge is 2.23. The molecule has 0 amide bonds. The molecule has 0 aliphatic heterocycles. The fourth-order valence-electron chi connectivity index (χ4n) is 2.35. The van der Waals surface area contributed by atoms with Gasteiger partial charge in [0, 0.05) is 12.0 Å². The summed E-state index contributed by atoms with van der Waals surface area (Å²) in [5.41, 5.74) is -0.623. The van der Waals surface area contributed by atoms with Crippen LogP contribution in [-0.2, 0) is 11.3 Å². The fourth-order valence-corrected chi connectivity index (χ4v) is 2.81. The second kappa shape index (κ2) is 5.64. The van der Waals surface area contributed by atoms with E-state index in [0.29, 0.717) is 0 Å². The van der Waals surface area contributed by atoms with E-state index in [1.54, 1.807) is 0 Å². The molecule has 0 aromatic carbocycles. The largest absolute Gasteiger partial charge is 0.300 e. The molecule has 0 atom stereocenters. The van der Waals surface area contributed by atoms with Crippen LogP contribution in [0.2, 0.25) is 0 Å². The van der Waals surface area contributed by atoms with Crippen molar-refractivity contribution in [3.63, 3.8) is 0 Å². The monoisotopic (exact) mass is 328 g/mol. The predicted molar refractivity (Wildman–Crippen MR) is 72.0 cm³/mol. The molecular weight excluding hydrogens is 316 g/mol. The van der Waals surface area contributed by atoms with Gasteiger partial charge in [-0.2, -0.15) is 0 Å². The van der Waals surface area contributed by atoms with Crippen LogP contribution < -0.4 is 5.56 Å². The number of aromatic nitrogens is 1. The Morgan fingerprint density at radius 1 is 1.47 bits per heavy atom. The molecule has 0 N–H and O–H groups in total. The van der Waals surface area contributed by atoms with Gasteiger partial charge in [-0.1, -0.05) is 12.8 Å². The van der Waals surface area contributed by atoms with Gasteiger partial charge in [-0.25, -0.2) is 0 Å².